The monoisotopic (exact) mass is 456 g/mol. The predicted octanol–water partition coefficient (Wildman–Crippen LogP) is 2.22. The molecule has 0 unspecified atom stereocenters. The van der Waals surface area contributed by atoms with Gasteiger partial charge in [-0.3, -0.25) is 9.69 Å². The van der Waals surface area contributed by atoms with Crippen LogP contribution in [0.15, 0.2) is 42.5 Å². The van der Waals surface area contributed by atoms with Crippen molar-refractivity contribution in [1.29, 1.82) is 0 Å². The molecule has 168 valence electrons. The molecule has 2 aromatic carbocycles. The van der Waals surface area contributed by atoms with E-state index in [1.165, 1.54) is 0 Å². The Morgan fingerprint density at radius 2 is 1.72 bits per heavy atom. The molecule has 32 heavy (non-hydrogen) atoms. The number of hydrogen-bond donors (Lipinski definition) is 0. The van der Waals surface area contributed by atoms with Crippen LogP contribution < -0.4 is 9.47 Å². The van der Waals surface area contributed by atoms with Crippen molar-refractivity contribution in [2.24, 2.45) is 0 Å². The molecule has 1 saturated heterocycles. The van der Waals surface area contributed by atoms with Crippen molar-refractivity contribution in [2.75, 3.05) is 40.4 Å². The van der Waals surface area contributed by atoms with E-state index in [1.807, 2.05) is 47.4 Å². The fraction of sp³-hybridized carbons (Fsp3) is 0.364. The molecule has 1 amide bonds. The number of benzene rings is 2. The van der Waals surface area contributed by atoms with Gasteiger partial charge in [0, 0.05) is 31.2 Å². The van der Waals surface area contributed by atoms with E-state index in [9.17, 15) is 4.79 Å². The standard InChI is InChI=1S/C22H25ClN6O3/c1-31-19-8-3-16(13-20(19)32-2)14-22(30)28-11-9-27(10-12-28)15-21-24-25-26-29(21)18-6-4-17(23)5-7-18/h3-8,13H,9-12,14-15H2,1-2H3. The number of carbonyl (C=O) groups is 1. The smallest absolute Gasteiger partial charge is 0.227 e. The van der Waals surface area contributed by atoms with Crippen LogP contribution in [0.4, 0.5) is 0 Å². The third-order valence-electron chi connectivity index (χ3n) is 5.50. The molecule has 1 aliphatic rings. The zero-order valence-electron chi connectivity index (χ0n) is 18.1. The minimum Gasteiger partial charge on any atom is -0.493 e. The van der Waals surface area contributed by atoms with E-state index in [1.54, 1.807) is 18.9 Å². The first-order valence-corrected chi connectivity index (χ1v) is 10.7. The van der Waals surface area contributed by atoms with Crippen LogP contribution >= 0.6 is 11.6 Å². The summed E-state index contributed by atoms with van der Waals surface area (Å²) >= 11 is 5.97. The van der Waals surface area contributed by atoms with Gasteiger partial charge in [-0.2, -0.15) is 4.68 Å². The molecule has 1 aromatic heterocycles. The van der Waals surface area contributed by atoms with Crippen LogP contribution in [-0.2, 0) is 17.8 Å². The number of halogens is 1. The predicted molar refractivity (Wildman–Crippen MR) is 119 cm³/mol. The van der Waals surface area contributed by atoms with E-state index in [4.69, 9.17) is 21.1 Å². The molecule has 10 heteroatoms. The number of carbonyl (C=O) groups excluding carboxylic acids is 1. The third-order valence-corrected chi connectivity index (χ3v) is 5.75. The summed E-state index contributed by atoms with van der Waals surface area (Å²) in [5, 5.41) is 12.8. The van der Waals surface area contributed by atoms with Crippen molar-refractivity contribution in [3.63, 3.8) is 0 Å². The van der Waals surface area contributed by atoms with Gasteiger partial charge >= 0.3 is 0 Å². The highest BCUT2D eigenvalue weighted by molar-refractivity contribution is 6.30. The normalized spacial score (nSPS) is 14.4. The number of nitrogens with zero attached hydrogens (tertiary/aromatic N) is 6. The van der Waals surface area contributed by atoms with Crippen molar-refractivity contribution in [3.05, 3.63) is 58.9 Å². The molecule has 0 saturated carbocycles. The second-order valence-electron chi connectivity index (χ2n) is 7.51. The van der Waals surface area contributed by atoms with Crippen molar-refractivity contribution < 1.29 is 14.3 Å². The first kappa shape index (κ1) is 22.0. The number of tetrazole rings is 1. The molecule has 0 radical (unpaired) electrons. The van der Waals surface area contributed by atoms with Crippen molar-refractivity contribution >= 4 is 17.5 Å². The number of methoxy groups -OCH3 is 2. The molecule has 0 atom stereocenters. The summed E-state index contributed by atoms with van der Waals surface area (Å²) in [5.74, 6) is 2.12. The summed E-state index contributed by atoms with van der Waals surface area (Å²) in [4.78, 5) is 16.9. The van der Waals surface area contributed by atoms with Crippen LogP contribution in [0, 0.1) is 0 Å². The van der Waals surface area contributed by atoms with Gasteiger partial charge < -0.3 is 14.4 Å². The highest BCUT2D eigenvalue weighted by atomic mass is 35.5. The molecule has 1 aliphatic heterocycles. The molecule has 3 aromatic rings. The maximum absolute atomic E-state index is 12.8. The lowest BCUT2D eigenvalue weighted by molar-refractivity contribution is -0.132. The van der Waals surface area contributed by atoms with Gasteiger partial charge in [0.1, 0.15) is 0 Å². The Labute approximate surface area is 191 Å². The van der Waals surface area contributed by atoms with Crippen LogP contribution in [0.2, 0.25) is 5.02 Å². The number of amides is 1. The lowest BCUT2D eigenvalue weighted by Gasteiger charge is -2.34. The quantitative estimate of drug-likeness (QED) is 0.538. The lowest BCUT2D eigenvalue weighted by Crippen LogP contribution is -2.48. The Morgan fingerprint density at radius 3 is 2.41 bits per heavy atom. The molecule has 9 nitrogen and oxygen atoms in total. The van der Waals surface area contributed by atoms with Gasteiger partial charge in [-0.25, -0.2) is 0 Å². The van der Waals surface area contributed by atoms with E-state index < -0.39 is 0 Å². The van der Waals surface area contributed by atoms with Gasteiger partial charge in [-0.1, -0.05) is 17.7 Å². The summed E-state index contributed by atoms with van der Waals surface area (Å²) in [7, 11) is 3.18. The topological polar surface area (TPSA) is 85.6 Å². The highest BCUT2D eigenvalue weighted by Gasteiger charge is 2.23. The van der Waals surface area contributed by atoms with E-state index in [2.05, 4.69) is 20.4 Å². The van der Waals surface area contributed by atoms with Crippen molar-refractivity contribution in [3.8, 4) is 17.2 Å². The Morgan fingerprint density at radius 1 is 1.00 bits per heavy atom. The van der Waals surface area contributed by atoms with Gasteiger partial charge in [0.15, 0.2) is 17.3 Å². The molecule has 0 bridgehead atoms. The average Bonchev–Trinajstić information content (AvgIpc) is 3.28. The second kappa shape index (κ2) is 9.97. The fourth-order valence-corrected chi connectivity index (χ4v) is 3.85. The number of ether oxygens (including phenoxy) is 2. The average molecular weight is 457 g/mol. The largest absolute Gasteiger partial charge is 0.493 e. The number of piperazine rings is 1. The first-order valence-electron chi connectivity index (χ1n) is 10.3. The van der Waals surface area contributed by atoms with Crippen LogP contribution in [0.5, 0.6) is 11.5 Å². The molecule has 0 spiro atoms. The summed E-state index contributed by atoms with van der Waals surface area (Å²) in [6.07, 6.45) is 0.329. The molecular weight excluding hydrogens is 432 g/mol. The van der Waals surface area contributed by atoms with Gasteiger partial charge in [0.2, 0.25) is 5.91 Å². The van der Waals surface area contributed by atoms with E-state index in [0.717, 1.165) is 30.2 Å². The molecule has 1 fully saturated rings. The summed E-state index contributed by atoms with van der Waals surface area (Å²) in [6.45, 7) is 3.44. The molecule has 2 heterocycles. The summed E-state index contributed by atoms with van der Waals surface area (Å²) in [5.41, 5.74) is 1.76. The Hall–Kier alpha value is -3.17. The number of rotatable bonds is 7. The minimum atomic E-state index is 0.0999. The van der Waals surface area contributed by atoms with E-state index >= 15 is 0 Å². The van der Waals surface area contributed by atoms with Crippen LogP contribution in [0.3, 0.4) is 0 Å². The van der Waals surface area contributed by atoms with E-state index in [-0.39, 0.29) is 5.91 Å². The lowest BCUT2D eigenvalue weighted by atomic mass is 10.1. The summed E-state index contributed by atoms with van der Waals surface area (Å²) in [6, 6.07) is 13.0. The SMILES string of the molecule is COc1ccc(CC(=O)N2CCN(Cc3nnnn3-c3ccc(Cl)cc3)CC2)cc1OC. The van der Waals surface area contributed by atoms with Crippen LogP contribution in [0.1, 0.15) is 11.4 Å². The van der Waals surface area contributed by atoms with Crippen LogP contribution in [-0.4, -0.2) is 76.3 Å². The molecular formula is C22H25ClN6O3. The zero-order valence-corrected chi connectivity index (χ0v) is 18.8. The van der Waals surface area contributed by atoms with Crippen LogP contribution in [0.25, 0.3) is 5.69 Å². The Balaban J connectivity index is 1.33. The zero-order chi connectivity index (χ0) is 22.5. The Kier molecular flexibility index (Phi) is 6.87. The number of aromatic nitrogens is 4. The van der Waals surface area contributed by atoms with Gasteiger partial charge in [-0.05, 0) is 52.4 Å². The minimum absolute atomic E-state index is 0.0999. The molecule has 0 N–H and O–H groups in total. The maximum atomic E-state index is 12.8. The third kappa shape index (κ3) is 5.00. The van der Waals surface area contributed by atoms with Gasteiger partial charge in [0.25, 0.3) is 0 Å². The second-order valence-corrected chi connectivity index (χ2v) is 7.94. The maximum Gasteiger partial charge on any atom is 0.227 e. The van der Waals surface area contributed by atoms with Gasteiger partial charge in [0.05, 0.1) is 32.9 Å². The summed E-state index contributed by atoms with van der Waals surface area (Å²) < 4.78 is 12.3. The van der Waals surface area contributed by atoms with Crippen molar-refractivity contribution in [1.82, 2.24) is 30.0 Å². The molecule has 4 rings (SSSR count). The number of hydrogen-bond acceptors (Lipinski definition) is 7. The van der Waals surface area contributed by atoms with E-state index in [0.29, 0.717) is 42.6 Å². The van der Waals surface area contributed by atoms with Crippen molar-refractivity contribution in [2.45, 2.75) is 13.0 Å². The Bertz CT molecular complexity index is 1060. The van der Waals surface area contributed by atoms with Gasteiger partial charge in [-0.15, -0.1) is 5.10 Å². The first-order chi connectivity index (χ1) is 15.6. The fourth-order valence-electron chi connectivity index (χ4n) is 3.72. The highest BCUT2D eigenvalue weighted by Crippen LogP contribution is 2.28. The molecule has 0 aliphatic carbocycles.